The molecule has 0 fully saturated rings. The van der Waals surface area contributed by atoms with Crippen molar-refractivity contribution in [2.45, 2.75) is 6.04 Å². The highest BCUT2D eigenvalue weighted by molar-refractivity contribution is 7.08. The van der Waals surface area contributed by atoms with E-state index in [1.807, 2.05) is 0 Å². The molecule has 92 valence electrons. The lowest BCUT2D eigenvalue weighted by Crippen LogP contribution is -2.14. The molecule has 0 spiro atoms. The summed E-state index contributed by atoms with van der Waals surface area (Å²) in [4.78, 5) is 0. The van der Waals surface area contributed by atoms with E-state index in [2.05, 4.69) is 0 Å². The number of hydrogen-bond donors (Lipinski definition) is 1. The van der Waals surface area contributed by atoms with Gasteiger partial charge in [-0.25, -0.2) is 8.78 Å². The van der Waals surface area contributed by atoms with Gasteiger partial charge in [-0.3, -0.25) is 0 Å². The second kappa shape index (κ2) is 5.78. The summed E-state index contributed by atoms with van der Waals surface area (Å²) in [7, 11) is 0. The van der Waals surface area contributed by atoms with Crippen LogP contribution < -0.4 is 5.73 Å². The predicted molar refractivity (Wildman–Crippen MR) is 69.0 cm³/mol. The Hall–Kier alpha value is -0.680. The van der Waals surface area contributed by atoms with Gasteiger partial charge in [0.1, 0.15) is 11.6 Å². The first-order chi connectivity index (χ1) is 7.59. The van der Waals surface area contributed by atoms with Gasteiger partial charge in [0.15, 0.2) is 0 Å². The second-order valence-electron chi connectivity index (χ2n) is 3.32. The van der Waals surface area contributed by atoms with Gasteiger partial charge in [0.2, 0.25) is 0 Å². The minimum Gasteiger partial charge on any atom is -0.320 e. The first kappa shape index (κ1) is 14.4. The maximum Gasteiger partial charge on any atom is 0.132 e. The molecule has 0 saturated carbocycles. The topological polar surface area (TPSA) is 26.0 Å². The summed E-state index contributed by atoms with van der Waals surface area (Å²) in [6.45, 7) is 0. The van der Waals surface area contributed by atoms with E-state index in [4.69, 9.17) is 17.3 Å². The molecule has 1 aromatic heterocycles. The Kier molecular flexibility index (Phi) is 4.89. The molecule has 0 unspecified atom stereocenters. The average Bonchev–Trinajstić information content (AvgIpc) is 2.67. The fraction of sp³-hybridized carbons (Fsp3) is 0.0909. The minimum absolute atomic E-state index is 0. The average molecular weight is 296 g/mol. The summed E-state index contributed by atoms with van der Waals surface area (Å²) in [5.41, 5.74) is 6.33. The standard InChI is InChI=1S/C11H8ClF2NS.ClH/c12-7-3-8(13)10(9(14)4-7)11(15)6-1-2-16-5-6;/h1-5,11H,15H2;1H/t11-;/m0./s1. The maximum absolute atomic E-state index is 13.6. The third-order valence-corrected chi connectivity index (χ3v) is 3.18. The van der Waals surface area contributed by atoms with Gasteiger partial charge in [-0.05, 0) is 34.5 Å². The van der Waals surface area contributed by atoms with E-state index >= 15 is 0 Å². The number of hydrogen-bond acceptors (Lipinski definition) is 2. The van der Waals surface area contributed by atoms with E-state index in [0.717, 1.165) is 12.1 Å². The molecule has 1 aromatic carbocycles. The fourth-order valence-corrected chi connectivity index (χ4v) is 2.36. The normalized spacial score (nSPS) is 12.0. The van der Waals surface area contributed by atoms with Gasteiger partial charge >= 0.3 is 0 Å². The van der Waals surface area contributed by atoms with Crippen LogP contribution in [0.2, 0.25) is 5.02 Å². The molecular formula is C11H9Cl2F2NS. The van der Waals surface area contributed by atoms with Crippen molar-refractivity contribution < 1.29 is 8.78 Å². The first-order valence-corrected chi connectivity index (χ1v) is 5.84. The largest absolute Gasteiger partial charge is 0.320 e. The Morgan fingerprint density at radius 2 is 1.82 bits per heavy atom. The molecule has 0 aliphatic carbocycles. The van der Waals surface area contributed by atoms with Crippen LogP contribution in [0.3, 0.4) is 0 Å². The Balaban J connectivity index is 0.00000144. The fourth-order valence-electron chi connectivity index (χ4n) is 1.47. The summed E-state index contributed by atoms with van der Waals surface area (Å²) >= 11 is 6.96. The Morgan fingerprint density at radius 3 is 2.29 bits per heavy atom. The van der Waals surface area contributed by atoms with Crippen LogP contribution in [0.15, 0.2) is 29.0 Å². The summed E-state index contributed by atoms with van der Waals surface area (Å²) in [5.74, 6) is -1.44. The number of nitrogens with two attached hydrogens (primary N) is 1. The third-order valence-electron chi connectivity index (χ3n) is 2.26. The van der Waals surface area contributed by atoms with Crippen molar-refractivity contribution >= 4 is 35.3 Å². The second-order valence-corrected chi connectivity index (χ2v) is 4.53. The zero-order chi connectivity index (χ0) is 11.7. The molecular weight excluding hydrogens is 287 g/mol. The summed E-state index contributed by atoms with van der Waals surface area (Å²) in [6.07, 6.45) is 0. The molecule has 2 aromatic rings. The zero-order valence-electron chi connectivity index (χ0n) is 8.49. The van der Waals surface area contributed by atoms with Gasteiger partial charge in [-0.15, -0.1) is 12.4 Å². The highest BCUT2D eigenvalue weighted by Crippen LogP contribution is 2.28. The van der Waals surface area contributed by atoms with Crippen molar-refractivity contribution in [1.29, 1.82) is 0 Å². The van der Waals surface area contributed by atoms with Crippen LogP contribution in [0.1, 0.15) is 17.2 Å². The lowest BCUT2D eigenvalue weighted by atomic mass is 10.0. The number of benzene rings is 1. The predicted octanol–water partition coefficient (Wildman–Crippen LogP) is 4.15. The molecule has 0 aliphatic rings. The Bertz CT molecular complexity index is 479. The Morgan fingerprint density at radius 1 is 1.24 bits per heavy atom. The van der Waals surface area contributed by atoms with E-state index in [1.165, 1.54) is 11.3 Å². The van der Waals surface area contributed by atoms with Crippen molar-refractivity contribution in [2.75, 3.05) is 0 Å². The van der Waals surface area contributed by atoms with Crippen LogP contribution >= 0.6 is 35.3 Å². The Labute approximate surface area is 113 Å². The van der Waals surface area contributed by atoms with E-state index < -0.39 is 17.7 Å². The van der Waals surface area contributed by atoms with Crippen LogP contribution in [-0.4, -0.2) is 0 Å². The van der Waals surface area contributed by atoms with Crippen LogP contribution in [0.5, 0.6) is 0 Å². The van der Waals surface area contributed by atoms with Gasteiger partial charge in [0.25, 0.3) is 0 Å². The lowest BCUT2D eigenvalue weighted by Gasteiger charge is -2.12. The molecule has 17 heavy (non-hydrogen) atoms. The van der Waals surface area contributed by atoms with E-state index in [-0.39, 0.29) is 23.0 Å². The maximum atomic E-state index is 13.6. The minimum atomic E-state index is -0.802. The lowest BCUT2D eigenvalue weighted by molar-refractivity contribution is 0.544. The SMILES string of the molecule is Cl.N[C@@H](c1ccsc1)c1c(F)cc(Cl)cc1F. The van der Waals surface area contributed by atoms with Crippen molar-refractivity contribution in [1.82, 2.24) is 0 Å². The summed E-state index contributed by atoms with van der Waals surface area (Å²) in [5, 5.41) is 3.59. The smallest absolute Gasteiger partial charge is 0.132 e. The van der Waals surface area contributed by atoms with Crippen LogP contribution in [0.25, 0.3) is 0 Å². The third kappa shape index (κ3) is 2.96. The summed E-state index contributed by atoms with van der Waals surface area (Å²) < 4.78 is 27.1. The van der Waals surface area contributed by atoms with Crippen molar-refractivity contribution in [2.24, 2.45) is 5.73 Å². The number of rotatable bonds is 2. The zero-order valence-corrected chi connectivity index (χ0v) is 10.9. The number of halogens is 4. The summed E-state index contributed by atoms with van der Waals surface area (Å²) in [6, 6.07) is 3.06. The van der Waals surface area contributed by atoms with Crippen LogP contribution in [0, 0.1) is 11.6 Å². The molecule has 2 N–H and O–H groups in total. The van der Waals surface area contributed by atoms with Crippen molar-refractivity contribution in [3.8, 4) is 0 Å². The van der Waals surface area contributed by atoms with E-state index in [1.54, 1.807) is 16.8 Å². The molecule has 0 aliphatic heterocycles. The molecule has 0 radical (unpaired) electrons. The molecule has 1 nitrogen and oxygen atoms in total. The monoisotopic (exact) mass is 295 g/mol. The van der Waals surface area contributed by atoms with Gasteiger partial charge < -0.3 is 5.73 Å². The quantitative estimate of drug-likeness (QED) is 0.885. The molecule has 6 heteroatoms. The molecule has 1 heterocycles. The van der Waals surface area contributed by atoms with Crippen LogP contribution in [-0.2, 0) is 0 Å². The van der Waals surface area contributed by atoms with Gasteiger partial charge in [-0.2, -0.15) is 11.3 Å². The molecule has 1 atom stereocenters. The number of thiophene rings is 1. The van der Waals surface area contributed by atoms with Crippen molar-refractivity contribution in [3.05, 3.63) is 56.7 Å². The highest BCUT2D eigenvalue weighted by Gasteiger charge is 2.19. The van der Waals surface area contributed by atoms with Crippen molar-refractivity contribution in [3.63, 3.8) is 0 Å². The molecule has 0 amide bonds. The molecule has 2 rings (SSSR count). The molecule has 0 bridgehead atoms. The van der Waals surface area contributed by atoms with E-state index in [0.29, 0.717) is 5.56 Å². The van der Waals surface area contributed by atoms with Gasteiger partial charge in [0, 0.05) is 10.6 Å². The first-order valence-electron chi connectivity index (χ1n) is 4.51. The highest BCUT2D eigenvalue weighted by atomic mass is 35.5. The van der Waals surface area contributed by atoms with Crippen LogP contribution in [0.4, 0.5) is 8.78 Å². The molecule has 0 saturated heterocycles. The van der Waals surface area contributed by atoms with Gasteiger partial charge in [-0.1, -0.05) is 11.6 Å². The van der Waals surface area contributed by atoms with E-state index in [9.17, 15) is 8.78 Å². The van der Waals surface area contributed by atoms with Gasteiger partial charge in [0.05, 0.1) is 6.04 Å².